The molecular weight excluding hydrogens is 406 g/mol. The second-order valence-corrected chi connectivity index (χ2v) is 8.37. The zero-order chi connectivity index (χ0) is 20.9. The molecule has 4 rings (SSSR count). The van der Waals surface area contributed by atoms with Gasteiger partial charge in [-0.05, 0) is 50.1 Å². The summed E-state index contributed by atoms with van der Waals surface area (Å²) >= 11 is 6.36. The van der Waals surface area contributed by atoms with E-state index in [0.717, 1.165) is 68.4 Å². The first-order valence-corrected chi connectivity index (χ1v) is 11.4. The lowest BCUT2D eigenvalue weighted by molar-refractivity contribution is -0.838. The number of nitrogens with one attached hydrogen (secondary N) is 1. The SMILES string of the molecule is OCC[NH+](CCO)c1nc(N2CCCCC2)c2nc(Cl)nc(N3CCCCC3)c2n1. The Morgan fingerprint density at radius 3 is 1.73 bits per heavy atom. The number of hydrogen-bond acceptors (Lipinski definition) is 8. The summed E-state index contributed by atoms with van der Waals surface area (Å²) in [5.74, 6) is 2.11. The van der Waals surface area contributed by atoms with Crippen LogP contribution < -0.4 is 14.7 Å². The standard InChI is InChI=1S/C20H30ClN7O2/c21-19-22-15-16(17(24-19)26-7-3-1-4-8-26)23-20(28(11-13-29)12-14-30)25-18(15)27-9-5-2-6-10-27/h29-30H,1-14H2/p+1. The van der Waals surface area contributed by atoms with Gasteiger partial charge in [0.15, 0.2) is 11.6 Å². The van der Waals surface area contributed by atoms with E-state index >= 15 is 0 Å². The molecule has 2 aliphatic rings. The Morgan fingerprint density at radius 1 is 0.700 bits per heavy atom. The molecule has 10 heteroatoms. The van der Waals surface area contributed by atoms with Crippen LogP contribution in [0.1, 0.15) is 38.5 Å². The van der Waals surface area contributed by atoms with Crippen LogP contribution in [0, 0.1) is 0 Å². The van der Waals surface area contributed by atoms with Crippen LogP contribution in [-0.2, 0) is 0 Å². The van der Waals surface area contributed by atoms with Crippen molar-refractivity contribution in [2.45, 2.75) is 38.5 Å². The van der Waals surface area contributed by atoms with Crippen molar-refractivity contribution in [1.82, 2.24) is 19.9 Å². The first-order valence-electron chi connectivity index (χ1n) is 11.0. The minimum absolute atomic E-state index is 0.00806. The largest absolute Gasteiger partial charge is 0.390 e. The van der Waals surface area contributed by atoms with E-state index in [-0.39, 0.29) is 18.5 Å². The monoisotopic (exact) mass is 436 g/mol. The van der Waals surface area contributed by atoms with Gasteiger partial charge in [0.1, 0.15) is 24.1 Å². The van der Waals surface area contributed by atoms with Crippen molar-refractivity contribution in [3.63, 3.8) is 0 Å². The zero-order valence-electron chi connectivity index (χ0n) is 17.4. The van der Waals surface area contributed by atoms with Crippen molar-refractivity contribution in [3.05, 3.63) is 5.28 Å². The van der Waals surface area contributed by atoms with E-state index in [2.05, 4.69) is 19.8 Å². The van der Waals surface area contributed by atoms with Gasteiger partial charge >= 0.3 is 5.95 Å². The Hall–Kier alpha value is -1.81. The average molecular weight is 437 g/mol. The third kappa shape index (κ3) is 4.59. The van der Waals surface area contributed by atoms with E-state index in [1.807, 2.05) is 0 Å². The molecule has 4 heterocycles. The van der Waals surface area contributed by atoms with Gasteiger partial charge in [-0.3, -0.25) is 4.90 Å². The number of aromatic nitrogens is 4. The van der Waals surface area contributed by atoms with E-state index in [9.17, 15) is 10.2 Å². The molecule has 0 amide bonds. The number of aliphatic hydroxyl groups is 2. The minimum atomic E-state index is -0.00806. The maximum Gasteiger partial charge on any atom is 0.330 e. The van der Waals surface area contributed by atoms with E-state index in [4.69, 9.17) is 21.6 Å². The Balaban J connectivity index is 1.88. The fourth-order valence-electron chi connectivity index (χ4n) is 4.39. The van der Waals surface area contributed by atoms with Crippen LogP contribution in [-0.4, -0.2) is 82.6 Å². The van der Waals surface area contributed by atoms with Gasteiger partial charge in [0, 0.05) is 26.2 Å². The highest BCUT2D eigenvalue weighted by atomic mass is 35.5. The van der Waals surface area contributed by atoms with Crippen molar-refractivity contribution in [2.24, 2.45) is 0 Å². The summed E-state index contributed by atoms with van der Waals surface area (Å²) in [5.41, 5.74) is 1.40. The third-order valence-electron chi connectivity index (χ3n) is 5.93. The molecule has 0 spiro atoms. The number of fused-ring (bicyclic) bond motifs is 1. The maximum atomic E-state index is 9.53. The second-order valence-electron chi connectivity index (χ2n) is 8.03. The Bertz CT molecular complexity index is 851. The molecule has 2 saturated heterocycles. The molecule has 0 atom stereocenters. The molecule has 0 saturated carbocycles. The van der Waals surface area contributed by atoms with Crippen LogP contribution in [0.15, 0.2) is 0 Å². The Morgan fingerprint density at radius 2 is 1.20 bits per heavy atom. The zero-order valence-corrected chi connectivity index (χ0v) is 18.1. The molecule has 0 aliphatic carbocycles. The van der Waals surface area contributed by atoms with Crippen molar-refractivity contribution < 1.29 is 15.1 Å². The van der Waals surface area contributed by atoms with Gasteiger partial charge in [-0.2, -0.15) is 15.0 Å². The van der Waals surface area contributed by atoms with Crippen LogP contribution >= 0.6 is 11.6 Å². The fourth-order valence-corrected chi connectivity index (χ4v) is 4.55. The molecular formula is C20H31ClN7O2+. The molecule has 2 aromatic rings. The normalized spacial score (nSPS) is 17.9. The van der Waals surface area contributed by atoms with Gasteiger partial charge in [0.2, 0.25) is 5.28 Å². The first kappa shape index (κ1) is 21.4. The van der Waals surface area contributed by atoms with Crippen molar-refractivity contribution >= 4 is 40.2 Å². The number of piperidine rings is 2. The highest BCUT2D eigenvalue weighted by molar-refractivity contribution is 6.29. The van der Waals surface area contributed by atoms with Gasteiger partial charge < -0.3 is 20.0 Å². The van der Waals surface area contributed by atoms with Crippen LogP contribution in [0.25, 0.3) is 11.0 Å². The summed E-state index contributed by atoms with van der Waals surface area (Å²) in [5, 5.41) is 19.3. The maximum absolute atomic E-state index is 9.53. The highest BCUT2D eigenvalue weighted by Crippen LogP contribution is 2.32. The van der Waals surface area contributed by atoms with Crippen LogP contribution in [0.5, 0.6) is 0 Å². The van der Waals surface area contributed by atoms with Crippen LogP contribution in [0.2, 0.25) is 5.28 Å². The number of aliphatic hydroxyl groups excluding tert-OH is 2. The first-order chi connectivity index (χ1) is 14.7. The van der Waals surface area contributed by atoms with Crippen LogP contribution in [0.4, 0.5) is 17.6 Å². The Labute approximate surface area is 181 Å². The minimum Gasteiger partial charge on any atom is -0.390 e. The predicted octanol–water partition coefficient (Wildman–Crippen LogP) is 0.555. The lowest BCUT2D eigenvalue weighted by Crippen LogP contribution is -3.09. The van der Waals surface area contributed by atoms with E-state index < -0.39 is 0 Å². The van der Waals surface area contributed by atoms with Gasteiger partial charge in [-0.1, -0.05) is 0 Å². The molecule has 164 valence electrons. The third-order valence-corrected chi connectivity index (χ3v) is 6.10. The molecule has 2 fully saturated rings. The molecule has 30 heavy (non-hydrogen) atoms. The molecule has 9 nitrogen and oxygen atoms in total. The van der Waals surface area contributed by atoms with Crippen molar-refractivity contribution in [2.75, 3.05) is 62.3 Å². The van der Waals surface area contributed by atoms with E-state index in [1.165, 1.54) is 12.8 Å². The average Bonchev–Trinajstić information content (AvgIpc) is 2.79. The number of nitrogens with zero attached hydrogens (tertiary/aromatic N) is 6. The summed E-state index contributed by atoms with van der Waals surface area (Å²) < 4.78 is 0. The van der Waals surface area contributed by atoms with Crippen molar-refractivity contribution in [3.8, 4) is 0 Å². The van der Waals surface area contributed by atoms with E-state index in [1.54, 1.807) is 0 Å². The number of halogens is 1. The number of rotatable bonds is 7. The predicted molar refractivity (Wildman–Crippen MR) is 117 cm³/mol. The topological polar surface area (TPSA) is 103 Å². The molecule has 0 bridgehead atoms. The van der Waals surface area contributed by atoms with Gasteiger partial charge in [-0.25, -0.2) is 4.98 Å². The van der Waals surface area contributed by atoms with Crippen LogP contribution in [0.3, 0.4) is 0 Å². The molecule has 3 N–H and O–H groups in total. The smallest absolute Gasteiger partial charge is 0.330 e. The van der Waals surface area contributed by atoms with Gasteiger partial charge in [0.05, 0.1) is 13.2 Å². The summed E-state index contributed by atoms with van der Waals surface area (Å²) in [6, 6.07) is 0. The summed E-state index contributed by atoms with van der Waals surface area (Å²) in [4.78, 5) is 24.2. The fraction of sp³-hybridized carbons (Fsp3) is 0.700. The lowest BCUT2D eigenvalue weighted by atomic mass is 10.1. The highest BCUT2D eigenvalue weighted by Gasteiger charge is 2.27. The molecule has 0 unspecified atom stereocenters. The van der Waals surface area contributed by atoms with Gasteiger partial charge in [0.25, 0.3) is 0 Å². The summed E-state index contributed by atoms with van der Waals surface area (Å²) in [6.45, 7) is 4.52. The number of anilines is 2. The molecule has 2 aromatic heterocycles. The second kappa shape index (κ2) is 10.00. The summed E-state index contributed by atoms with van der Waals surface area (Å²) in [6.07, 6.45) is 6.90. The quantitative estimate of drug-likeness (QED) is 0.541. The van der Waals surface area contributed by atoms with Gasteiger partial charge in [-0.15, -0.1) is 0 Å². The molecule has 2 aliphatic heterocycles. The summed E-state index contributed by atoms with van der Waals surface area (Å²) in [7, 11) is 0. The van der Waals surface area contributed by atoms with E-state index in [0.29, 0.717) is 30.1 Å². The molecule has 0 aromatic carbocycles. The van der Waals surface area contributed by atoms with Crippen molar-refractivity contribution in [1.29, 1.82) is 0 Å². The Kier molecular flexibility index (Phi) is 7.14. The number of hydrogen-bond donors (Lipinski definition) is 3. The number of quaternary nitrogens is 1. The molecule has 0 radical (unpaired) electrons. The lowest BCUT2D eigenvalue weighted by Gasteiger charge is -2.31.